The second kappa shape index (κ2) is 18.6. The van der Waals surface area contributed by atoms with Gasteiger partial charge in [-0.3, -0.25) is 34.0 Å². The van der Waals surface area contributed by atoms with E-state index >= 15 is 0 Å². The number of aliphatic imine (C=N–C) groups is 2. The molecule has 0 saturated heterocycles. The van der Waals surface area contributed by atoms with Crippen LogP contribution in [0.5, 0.6) is 0 Å². The molecule has 226 valence electrons. The number of primary amides is 1. The maximum atomic E-state index is 12.9. The number of aliphatic carboxylic acids is 2. The third kappa shape index (κ3) is 16.2. The lowest BCUT2D eigenvalue weighted by atomic mass is 10.1. The van der Waals surface area contributed by atoms with Crippen LogP contribution in [0.15, 0.2) is 9.98 Å². The van der Waals surface area contributed by atoms with E-state index < -0.39 is 79.0 Å². The zero-order chi connectivity index (χ0) is 30.8. The maximum absolute atomic E-state index is 12.9. The standard InChI is InChI=1S/C21H39N11O8/c22-10(3-1-7-28-20(24)25)16(36)32-13(9-14(23)33)18(38)30-11(5-6-15(34)35)17(37)31-12(19(39)40)4-2-8-29-21(26)27/h10-13H,1-9,22H2,(H2,23,33)(H,30,38)(H,31,37)(H,32,36)(H,34,35)(H,39,40)(H4,24,25,28)(H4,26,27,29). The molecule has 17 N–H and O–H groups in total. The number of guanidine groups is 2. The quantitative estimate of drug-likeness (QED) is 0.0368. The Balaban J connectivity index is 5.51. The minimum Gasteiger partial charge on any atom is -0.481 e. The molecule has 0 radical (unpaired) electrons. The summed E-state index contributed by atoms with van der Waals surface area (Å²) in [5.74, 6) is -6.88. The molecule has 4 unspecified atom stereocenters. The fourth-order valence-corrected chi connectivity index (χ4v) is 3.18. The average Bonchev–Trinajstić information content (AvgIpc) is 2.84. The van der Waals surface area contributed by atoms with Crippen LogP contribution in [0.1, 0.15) is 44.9 Å². The molecule has 0 saturated carbocycles. The Morgan fingerprint density at radius 3 is 1.60 bits per heavy atom. The number of carboxylic acid groups (broad SMARTS) is 2. The predicted molar refractivity (Wildman–Crippen MR) is 142 cm³/mol. The van der Waals surface area contributed by atoms with Crippen molar-refractivity contribution in [3.8, 4) is 0 Å². The topological polar surface area (TPSA) is 360 Å². The number of nitrogens with zero attached hydrogens (tertiary/aromatic N) is 2. The van der Waals surface area contributed by atoms with E-state index in [9.17, 15) is 33.9 Å². The number of carbonyl (C=O) groups excluding carboxylic acids is 4. The highest BCUT2D eigenvalue weighted by Crippen LogP contribution is 2.05. The van der Waals surface area contributed by atoms with Gasteiger partial charge in [-0.05, 0) is 32.1 Å². The summed E-state index contributed by atoms with van der Waals surface area (Å²) in [6.45, 7) is 0.284. The van der Waals surface area contributed by atoms with E-state index in [0.717, 1.165) is 0 Å². The van der Waals surface area contributed by atoms with Gasteiger partial charge >= 0.3 is 11.9 Å². The molecular formula is C21H39N11O8. The molecule has 19 nitrogen and oxygen atoms in total. The van der Waals surface area contributed by atoms with Crippen LogP contribution in [-0.2, 0) is 28.8 Å². The fraction of sp³-hybridized carbons (Fsp3) is 0.619. The van der Waals surface area contributed by atoms with Crippen molar-refractivity contribution in [2.75, 3.05) is 13.1 Å². The number of hydrogen-bond donors (Lipinski definition) is 11. The van der Waals surface area contributed by atoms with E-state index in [1.54, 1.807) is 0 Å². The number of nitrogens with two attached hydrogens (primary N) is 6. The van der Waals surface area contributed by atoms with Gasteiger partial charge in [0.15, 0.2) is 11.9 Å². The molecule has 0 aromatic carbocycles. The van der Waals surface area contributed by atoms with Gasteiger partial charge in [-0.25, -0.2) is 4.79 Å². The highest BCUT2D eigenvalue weighted by Gasteiger charge is 2.31. The zero-order valence-corrected chi connectivity index (χ0v) is 21.9. The zero-order valence-electron chi connectivity index (χ0n) is 21.9. The molecule has 19 heteroatoms. The van der Waals surface area contributed by atoms with E-state index in [0.29, 0.717) is 6.42 Å². The first kappa shape index (κ1) is 35.3. The highest BCUT2D eigenvalue weighted by molar-refractivity contribution is 5.96. The Morgan fingerprint density at radius 2 is 1.12 bits per heavy atom. The van der Waals surface area contributed by atoms with Crippen molar-refractivity contribution < 1.29 is 39.0 Å². The lowest BCUT2D eigenvalue weighted by Gasteiger charge is -2.24. The molecule has 0 rings (SSSR count). The monoisotopic (exact) mass is 573 g/mol. The molecule has 0 bridgehead atoms. The Bertz CT molecular complexity index is 964. The first-order valence-electron chi connectivity index (χ1n) is 12.1. The lowest BCUT2D eigenvalue weighted by molar-refractivity contribution is -0.143. The molecule has 0 fully saturated rings. The number of hydrogen-bond acceptors (Lipinski definition) is 9. The largest absolute Gasteiger partial charge is 0.481 e. The van der Waals surface area contributed by atoms with Crippen LogP contribution in [0.2, 0.25) is 0 Å². The van der Waals surface area contributed by atoms with E-state index in [2.05, 4.69) is 25.9 Å². The molecule has 0 aliphatic heterocycles. The lowest BCUT2D eigenvalue weighted by Crippen LogP contribution is -2.57. The van der Waals surface area contributed by atoms with Gasteiger partial charge in [-0.2, -0.15) is 0 Å². The molecule has 4 atom stereocenters. The molecule has 0 spiro atoms. The van der Waals surface area contributed by atoms with Gasteiger partial charge in [-0.1, -0.05) is 0 Å². The number of rotatable bonds is 20. The third-order valence-electron chi connectivity index (χ3n) is 5.18. The summed E-state index contributed by atoms with van der Waals surface area (Å²) in [6, 6.07) is -5.63. The normalized spacial score (nSPS) is 13.4. The average molecular weight is 574 g/mol. The van der Waals surface area contributed by atoms with Crippen molar-refractivity contribution in [3.63, 3.8) is 0 Å². The van der Waals surface area contributed by atoms with Gasteiger partial charge in [0, 0.05) is 19.5 Å². The van der Waals surface area contributed by atoms with Crippen LogP contribution < -0.4 is 50.4 Å². The van der Waals surface area contributed by atoms with Crippen molar-refractivity contribution in [1.82, 2.24) is 16.0 Å². The second-order valence-electron chi connectivity index (χ2n) is 8.63. The maximum Gasteiger partial charge on any atom is 0.326 e. The van der Waals surface area contributed by atoms with E-state index in [-0.39, 0.29) is 44.3 Å². The summed E-state index contributed by atoms with van der Waals surface area (Å²) < 4.78 is 0. The number of carbonyl (C=O) groups is 6. The number of nitrogens with one attached hydrogen (secondary N) is 3. The third-order valence-corrected chi connectivity index (χ3v) is 5.18. The second-order valence-corrected chi connectivity index (χ2v) is 8.63. The minimum atomic E-state index is -1.57. The van der Waals surface area contributed by atoms with Gasteiger partial charge < -0.3 is 60.6 Å². The van der Waals surface area contributed by atoms with Gasteiger partial charge in [0.2, 0.25) is 23.6 Å². The van der Waals surface area contributed by atoms with Crippen molar-refractivity contribution >= 4 is 47.5 Å². The van der Waals surface area contributed by atoms with Crippen molar-refractivity contribution in [2.24, 2.45) is 44.4 Å². The van der Waals surface area contributed by atoms with Crippen LogP contribution in [0.3, 0.4) is 0 Å². The van der Waals surface area contributed by atoms with Gasteiger partial charge in [-0.15, -0.1) is 0 Å². The van der Waals surface area contributed by atoms with Gasteiger partial charge in [0.1, 0.15) is 18.1 Å². The van der Waals surface area contributed by atoms with E-state index in [1.165, 1.54) is 0 Å². The minimum absolute atomic E-state index is 0.0844. The van der Waals surface area contributed by atoms with E-state index in [4.69, 9.17) is 39.5 Å². The van der Waals surface area contributed by atoms with Crippen molar-refractivity contribution in [3.05, 3.63) is 0 Å². The summed E-state index contributed by atoms with van der Waals surface area (Å²) in [7, 11) is 0. The predicted octanol–water partition coefficient (Wildman–Crippen LogP) is -5.30. The summed E-state index contributed by atoms with van der Waals surface area (Å²) in [5.41, 5.74) is 31.9. The van der Waals surface area contributed by atoms with Crippen molar-refractivity contribution in [2.45, 2.75) is 69.1 Å². The van der Waals surface area contributed by atoms with Gasteiger partial charge in [0.25, 0.3) is 0 Å². The summed E-state index contributed by atoms with van der Waals surface area (Å²) in [6.07, 6.45) is -1.14. The van der Waals surface area contributed by atoms with Crippen LogP contribution >= 0.6 is 0 Å². The number of carboxylic acids is 2. The highest BCUT2D eigenvalue weighted by atomic mass is 16.4. The molecule has 0 aliphatic rings. The molecule has 0 aliphatic carbocycles. The summed E-state index contributed by atoms with van der Waals surface area (Å²) in [4.78, 5) is 79.9. The molecule has 0 aromatic heterocycles. The number of amides is 4. The van der Waals surface area contributed by atoms with Crippen LogP contribution in [0.25, 0.3) is 0 Å². The Labute approximate surface area is 229 Å². The summed E-state index contributed by atoms with van der Waals surface area (Å²) >= 11 is 0. The molecule has 0 heterocycles. The molecule has 0 aromatic rings. The summed E-state index contributed by atoms with van der Waals surface area (Å²) in [5, 5.41) is 25.2. The molecule has 4 amide bonds. The smallest absolute Gasteiger partial charge is 0.326 e. The van der Waals surface area contributed by atoms with Crippen LogP contribution in [-0.4, -0.2) is 95.0 Å². The molecule has 40 heavy (non-hydrogen) atoms. The van der Waals surface area contributed by atoms with E-state index in [1.807, 2.05) is 0 Å². The SMILES string of the molecule is NC(=O)CC(NC(=O)C(N)CCCN=C(N)N)C(=O)NC(CCC(=O)O)C(=O)NC(CCCN=C(N)N)C(=O)O. The first-order valence-corrected chi connectivity index (χ1v) is 12.1. The van der Waals surface area contributed by atoms with Crippen LogP contribution in [0, 0.1) is 0 Å². The fourth-order valence-electron chi connectivity index (χ4n) is 3.18. The van der Waals surface area contributed by atoms with Crippen molar-refractivity contribution in [1.29, 1.82) is 0 Å². The first-order chi connectivity index (χ1) is 18.6. The Kier molecular flexibility index (Phi) is 16.4. The Hall–Kier alpha value is -4.68. The van der Waals surface area contributed by atoms with Gasteiger partial charge in [0.05, 0.1) is 12.5 Å². The van der Waals surface area contributed by atoms with Crippen LogP contribution in [0.4, 0.5) is 0 Å². The molecular weight excluding hydrogens is 534 g/mol. The Morgan fingerprint density at radius 1 is 0.650 bits per heavy atom.